The summed E-state index contributed by atoms with van der Waals surface area (Å²) in [4.78, 5) is 23.9. The van der Waals surface area contributed by atoms with Gasteiger partial charge in [0.15, 0.2) is 0 Å². The van der Waals surface area contributed by atoms with E-state index in [1.54, 1.807) is 18.4 Å². The van der Waals surface area contributed by atoms with Crippen molar-refractivity contribution in [3.05, 3.63) is 99.2 Å². The second-order valence-corrected chi connectivity index (χ2v) is 10.2. The zero-order valence-corrected chi connectivity index (χ0v) is 21.6. The Morgan fingerprint density at radius 1 is 0.972 bits per heavy atom. The predicted molar refractivity (Wildman–Crippen MR) is 145 cm³/mol. The summed E-state index contributed by atoms with van der Waals surface area (Å²) in [5, 5.41) is 7.73. The molecule has 2 N–H and O–H groups in total. The van der Waals surface area contributed by atoms with Gasteiger partial charge in [-0.3, -0.25) is 4.79 Å². The molecule has 5 rings (SSSR count). The van der Waals surface area contributed by atoms with Crippen LogP contribution < -0.4 is 15.4 Å². The van der Waals surface area contributed by atoms with Gasteiger partial charge in [-0.05, 0) is 81.0 Å². The molecule has 7 heteroatoms. The van der Waals surface area contributed by atoms with Crippen molar-refractivity contribution in [3.63, 3.8) is 0 Å². The van der Waals surface area contributed by atoms with Crippen LogP contribution in [0.25, 0.3) is 0 Å². The molecule has 1 atom stereocenters. The first-order valence-corrected chi connectivity index (χ1v) is 13.1. The highest BCUT2D eigenvalue weighted by molar-refractivity contribution is 7.16. The fourth-order valence-electron chi connectivity index (χ4n) is 4.79. The van der Waals surface area contributed by atoms with Crippen LogP contribution in [0.15, 0.2) is 60.7 Å². The van der Waals surface area contributed by atoms with Crippen molar-refractivity contribution in [2.75, 3.05) is 17.7 Å². The summed E-state index contributed by atoms with van der Waals surface area (Å²) in [7, 11) is 1.67. The van der Waals surface area contributed by atoms with E-state index in [2.05, 4.69) is 32.7 Å². The van der Waals surface area contributed by atoms with Gasteiger partial charge in [-0.25, -0.2) is 9.97 Å². The molecule has 0 aliphatic heterocycles. The topological polar surface area (TPSA) is 76.1 Å². The van der Waals surface area contributed by atoms with E-state index in [0.29, 0.717) is 11.5 Å². The number of fused-ring (bicyclic) bond motifs is 1. The monoisotopic (exact) mass is 498 g/mol. The normalized spacial score (nSPS) is 13.5. The van der Waals surface area contributed by atoms with Gasteiger partial charge in [0.1, 0.15) is 10.8 Å². The highest BCUT2D eigenvalue weighted by Gasteiger charge is 2.29. The third-order valence-corrected chi connectivity index (χ3v) is 7.69. The van der Waals surface area contributed by atoms with Crippen molar-refractivity contribution in [1.82, 2.24) is 9.97 Å². The van der Waals surface area contributed by atoms with Gasteiger partial charge < -0.3 is 15.4 Å². The molecule has 0 spiro atoms. The molecule has 0 unspecified atom stereocenters. The number of amides is 1. The number of ether oxygens (including phenoxy) is 1. The molecule has 1 aliphatic rings. The summed E-state index contributed by atoms with van der Waals surface area (Å²) in [5.74, 6) is 1.26. The van der Waals surface area contributed by atoms with Crippen LogP contribution in [0.5, 0.6) is 5.75 Å². The van der Waals surface area contributed by atoms with Gasteiger partial charge >= 0.3 is 0 Å². The van der Waals surface area contributed by atoms with Crippen LogP contribution in [0, 0.1) is 13.8 Å². The Labute approximate surface area is 215 Å². The number of benzene rings is 2. The molecule has 2 aromatic carbocycles. The van der Waals surface area contributed by atoms with Crippen molar-refractivity contribution in [2.24, 2.45) is 0 Å². The molecule has 184 valence electrons. The average Bonchev–Trinajstić information content (AvgIpc) is 3.25. The molecule has 0 saturated heterocycles. The van der Waals surface area contributed by atoms with Crippen molar-refractivity contribution < 1.29 is 9.53 Å². The predicted octanol–water partition coefficient (Wildman–Crippen LogP) is 6.50. The number of hydrogen-bond acceptors (Lipinski definition) is 6. The number of nitrogens with one attached hydrogen (secondary N) is 2. The molecule has 2 heterocycles. The molecule has 4 aromatic rings. The van der Waals surface area contributed by atoms with Crippen LogP contribution in [-0.2, 0) is 12.8 Å². The van der Waals surface area contributed by atoms with E-state index >= 15 is 0 Å². The number of thiophene rings is 1. The Morgan fingerprint density at radius 2 is 1.67 bits per heavy atom. The molecule has 1 aliphatic carbocycles. The van der Waals surface area contributed by atoms with Gasteiger partial charge in [0.25, 0.3) is 5.91 Å². The number of methoxy groups -OCH3 is 1. The third kappa shape index (κ3) is 5.11. The zero-order valence-electron chi connectivity index (χ0n) is 20.8. The standard InChI is InChI=1S/C29H30N4O2S/c1-18-17-19(2)31-29(30-18)32-26(20-13-15-22(35-3)16-14-20)25-23-11-7-8-12-24(23)36-28(25)33-27(34)21-9-5-4-6-10-21/h4-6,9-10,13-17,26H,7-8,11-12H2,1-3H3,(H,33,34)(H,30,31,32)/t26-/m0/s1. The van der Waals surface area contributed by atoms with E-state index in [9.17, 15) is 4.79 Å². The summed E-state index contributed by atoms with van der Waals surface area (Å²) < 4.78 is 5.41. The van der Waals surface area contributed by atoms with E-state index in [-0.39, 0.29) is 11.9 Å². The number of carbonyl (C=O) groups is 1. The molecule has 0 bridgehead atoms. The number of aromatic nitrogens is 2. The summed E-state index contributed by atoms with van der Waals surface area (Å²) in [6, 6.07) is 19.1. The fourth-order valence-corrected chi connectivity index (χ4v) is 6.11. The highest BCUT2D eigenvalue weighted by atomic mass is 32.1. The lowest BCUT2D eigenvalue weighted by atomic mass is 9.89. The molecule has 0 fully saturated rings. The largest absolute Gasteiger partial charge is 0.497 e. The Bertz CT molecular complexity index is 1350. The van der Waals surface area contributed by atoms with Crippen LogP contribution in [-0.4, -0.2) is 23.0 Å². The Kier molecular flexibility index (Phi) is 7.00. The number of carbonyl (C=O) groups excluding carboxylic acids is 1. The van der Waals surface area contributed by atoms with Crippen molar-refractivity contribution >= 4 is 28.2 Å². The smallest absolute Gasteiger partial charge is 0.256 e. The van der Waals surface area contributed by atoms with Crippen molar-refractivity contribution in [1.29, 1.82) is 0 Å². The van der Waals surface area contributed by atoms with E-state index < -0.39 is 0 Å². The zero-order chi connectivity index (χ0) is 25.1. The molecular formula is C29H30N4O2S. The molecule has 2 aromatic heterocycles. The Morgan fingerprint density at radius 3 is 2.36 bits per heavy atom. The van der Waals surface area contributed by atoms with Crippen LogP contribution in [0.3, 0.4) is 0 Å². The maximum Gasteiger partial charge on any atom is 0.256 e. The van der Waals surface area contributed by atoms with E-state index in [0.717, 1.165) is 52.5 Å². The van der Waals surface area contributed by atoms with Crippen LogP contribution in [0.2, 0.25) is 0 Å². The first-order chi connectivity index (χ1) is 17.5. The minimum atomic E-state index is -0.235. The highest BCUT2D eigenvalue weighted by Crippen LogP contribution is 2.44. The third-order valence-electron chi connectivity index (χ3n) is 6.47. The van der Waals surface area contributed by atoms with Gasteiger partial charge in [-0.15, -0.1) is 11.3 Å². The number of hydrogen-bond donors (Lipinski definition) is 2. The number of anilines is 2. The van der Waals surface area contributed by atoms with Gasteiger partial charge in [-0.2, -0.15) is 0 Å². The molecule has 0 saturated carbocycles. The van der Waals surface area contributed by atoms with E-state index in [4.69, 9.17) is 4.74 Å². The number of nitrogens with zero attached hydrogens (tertiary/aromatic N) is 2. The molecule has 6 nitrogen and oxygen atoms in total. The number of rotatable bonds is 7. The Hall–Kier alpha value is -3.71. The van der Waals surface area contributed by atoms with Crippen LogP contribution in [0.1, 0.15) is 62.2 Å². The van der Waals surface area contributed by atoms with Crippen LogP contribution in [0.4, 0.5) is 10.9 Å². The van der Waals surface area contributed by atoms with Gasteiger partial charge in [0.05, 0.1) is 13.2 Å². The first-order valence-electron chi connectivity index (χ1n) is 12.3. The summed E-state index contributed by atoms with van der Waals surface area (Å²) in [6.45, 7) is 3.94. The molecular weight excluding hydrogens is 468 g/mol. The summed E-state index contributed by atoms with van der Waals surface area (Å²) >= 11 is 1.70. The minimum absolute atomic E-state index is 0.105. The second-order valence-electron chi connectivity index (χ2n) is 9.10. The maximum atomic E-state index is 13.2. The fraction of sp³-hybridized carbons (Fsp3) is 0.276. The van der Waals surface area contributed by atoms with Crippen LogP contribution >= 0.6 is 11.3 Å². The molecule has 1 amide bonds. The van der Waals surface area contributed by atoms with Gasteiger partial charge in [-0.1, -0.05) is 30.3 Å². The minimum Gasteiger partial charge on any atom is -0.497 e. The lowest BCUT2D eigenvalue weighted by Crippen LogP contribution is -2.19. The van der Waals surface area contributed by atoms with Gasteiger partial charge in [0, 0.05) is 27.4 Å². The average molecular weight is 499 g/mol. The maximum absolute atomic E-state index is 13.2. The van der Waals surface area contributed by atoms with Crippen molar-refractivity contribution in [3.8, 4) is 5.75 Å². The second kappa shape index (κ2) is 10.5. The Balaban J connectivity index is 1.62. The van der Waals surface area contributed by atoms with E-state index in [1.807, 2.05) is 62.4 Å². The van der Waals surface area contributed by atoms with Crippen molar-refractivity contribution in [2.45, 2.75) is 45.6 Å². The molecule has 0 radical (unpaired) electrons. The van der Waals surface area contributed by atoms with Gasteiger partial charge in [0.2, 0.25) is 5.95 Å². The lowest BCUT2D eigenvalue weighted by Gasteiger charge is -2.24. The van der Waals surface area contributed by atoms with E-state index in [1.165, 1.54) is 16.9 Å². The summed E-state index contributed by atoms with van der Waals surface area (Å²) in [5.41, 5.74) is 5.94. The summed E-state index contributed by atoms with van der Waals surface area (Å²) in [6.07, 6.45) is 4.33. The SMILES string of the molecule is COc1ccc([C@H](Nc2nc(C)cc(C)n2)c2c(NC(=O)c3ccccc3)sc3c2CCCC3)cc1. The first kappa shape index (κ1) is 24.0. The lowest BCUT2D eigenvalue weighted by molar-refractivity contribution is 0.102. The molecule has 36 heavy (non-hydrogen) atoms. The number of aryl methyl sites for hydroxylation is 3. The quantitative estimate of drug-likeness (QED) is 0.304.